The molecule has 8 nitrogen and oxygen atoms in total. The third-order valence-corrected chi connectivity index (χ3v) is 7.33. The number of nitrogens with zero attached hydrogens (tertiary/aromatic N) is 2. The molecule has 0 aliphatic carbocycles. The van der Waals surface area contributed by atoms with Gasteiger partial charge in [0.15, 0.2) is 0 Å². The molecule has 172 valence electrons. The first-order valence-corrected chi connectivity index (χ1v) is 12.1. The lowest BCUT2D eigenvalue weighted by Gasteiger charge is -2.22. The second kappa shape index (κ2) is 9.70. The number of rotatable bonds is 7. The van der Waals surface area contributed by atoms with E-state index >= 15 is 0 Å². The van der Waals surface area contributed by atoms with Crippen molar-refractivity contribution in [3.8, 4) is 0 Å². The molecular weight excluding hydrogens is 428 g/mol. The highest BCUT2D eigenvalue weighted by Crippen LogP contribution is 2.29. The molecule has 2 aromatic rings. The number of carbonyl (C=O) groups is 2. The smallest absolute Gasteiger partial charge is 0.257 e. The first-order chi connectivity index (χ1) is 15.1. The highest BCUT2D eigenvalue weighted by molar-refractivity contribution is 7.89. The van der Waals surface area contributed by atoms with Crippen LogP contribution < -0.4 is 15.5 Å². The van der Waals surface area contributed by atoms with E-state index in [0.29, 0.717) is 23.5 Å². The zero-order valence-electron chi connectivity index (χ0n) is 18.9. The Labute approximate surface area is 189 Å². The maximum absolute atomic E-state index is 13.4. The Morgan fingerprint density at radius 3 is 2.34 bits per heavy atom. The van der Waals surface area contributed by atoms with Gasteiger partial charge in [-0.1, -0.05) is 6.07 Å². The summed E-state index contributed by atoms with van der Waals surface area (Å²) in [6.45, 7) is 5.80. The van der Waals surface area contributed by atoms with Crippen LogP contribution >= 0.6 is 0 Å². The minimum Gasteiger partial charge on any atom is -0.371 e. The fourth-order valence-corrected chi connectivity index (χ4v) is 4.58. The highest BCUT2D eigenvalue weighted by Gasteiger charge is 2.25. The van der Waals surface area contributed by atoms with Gasteiger partial charge in [0.25, 0.3) is 11.8 Å². The molecule has 2 aromatic carbocycles. The number of nitrogens with one attached hydrogen (secondary N) is 2. The van der Waals surface area contributed by atoms with Crippen LogP contribution in [0.3, 0.4) is 0 Å². The Morgan fingerprint density at radius 2 is 1.72 bits per heavy atom. The van der Waals surface area contributed by atoms with Crippen molar-refractivity contribution in [2.24, 2.45) is 0 Å². The van der Waals surface area contributed by atoms with E-state index in [2.05, 4.69) is 15.5 Å². The summed E-state index contributed by atoms with van der Waals surface area (Å²) in [5.74, 6) is -0.640. The van der Waals surface area contributed by atoms with Crippen LogP contribution in [0.1, 0.15) is 46.0 Å². The number of hydrogen-bond acceptors (Lipinski definition) is 5. The zero-order valence-corrected chi connectivity index (χ0v) is 19.8. The van der Waals surface area contributed by atoms with Gasteiger partial charge in [-0.15, -0.1) is 0 Å². The molecule has 0 spiro atoms. The summed E-state index contributed by atoms with van der Waals surface area (Å²) in [6.07, 6.45) is 2.04. The van der Waals surface area contributed by atoms with Crippen molar-refractivity contribution in [2.75, 3.05) is 43.9 Å². The van der Waals surface area contributed by atoms with Crippen LogP contribution in [0.25, 0.3) is 0 Å². The van der Waals surface area contributed by atoms with E-state index in [1.807, 2.05) is 13.8 Å². The van der Waals surface area contributed by atoms with E-state index in [9.17, 15) is 18.0 Å². The van der Waals surface area contributed by atoms with Crippen LogP contribution in [0.4, 0.5) is 11.4 Å². The van der Waals surface area contributed by atoms with Crippen LogP contribution in [0.5, 0.6) is 0 Å². The van der Waals surface area contributed by atoms with Crippen LogP contribution in [-0.4, -0.2) is 58.3 Å². The molecule has 0 bridgehead atoms. The van der Waals surface area contributed by atoms with Gasteiger partial charge in [0, 0.05) is 50.7 Å². The first-order valence-electron chi connectivity index (χ1n) is 10.7. The van der Waals surface area contributed by atoms with Gasteiger partial charge in [-0.3, -0.25) is 9.59 Å². The summed E-state index contributed by atoms with van der Waals surface area (Å²) < 4.78 is 26.5. The SMILES string of the molecule is CCNC(=O)c1ccc(C)c(NC(=O)c2cc(S(=O)(=O)N(C)C)ccc2N2CCCC2)c1. The molecule has 1 saturated heterocycles. The molecule has 0 atom stereocenters. The lowest BCUT2D eigenvalue weighted by Crippen LogP contribution is -2.26. The predicted molar refractivity (Wildman–Crippen MR) is 126 cm³/mol. The molecular formula is C23H30N4O4S. The summed E-state index contributed by atoms with van der Waals surface area (Å²) >= 11 is 0. The number of carbonyl (C=O) groups excluding carboxylic acids is 2. The van der Waals surface area contributed by atoms with Gasteiger partial charge < -0.3 is 15.5 Å². The van der Waals surface area contributed by atoms with Gasteiger partial charge in [0.2, 0.25) is 10.0 Å². The number of hydrogen-bond donors (Lipinski definition) is 2. The normalized spacial score (nSPS) is 14.0. The summed E-state index contributed by atoms with van der Waals surface area (Å²) in [5.41, 5.74) is 2.74. The fourth-order valence-electron chi connectivity index (χ4n) is 3.65. The maximum Gasteiger partial charge on any atom is 0.257 e. The van der Waals surface area contributed by atoms with E-state index in [4.69, 9.17) is 0 Å². The third-order valence-electron chi connectivity index (χ3n) is 5.52. The summed E-state index contributed by atoms with van der Waals surface area (Å²) in [4.78, 5) is 27.7. The van der Waals surface area contributed by atoms with Crippen LogP contribution in [0, 0.1) is 6.92 Å². The Bertz CT molecular complexity index is 1120. The van der Waals surface area contributed by atoms with Gasteiger partial charge in [0.05, 0.1) is 10.5 Å². The molecule has 0 radical (unpaired) electrons. The van der Waals surface area contributed by atoms with Crippen molar-refractivity contribution < 1.29 is 18.0 Å². The maximum atomic E-state index is 13.4. The number of amides is 2. The topological polar surface area (TPSA) is 98.8 Å². The summed E-state index contributed by atoms with van der Waals surface area (Å²) in [5, 5.41) is 5.63. The molecule has 2 N–H and O–H groups in total. The van der Waals surface area contributed by atoms with Gasteiger partial charge in [-0.25, -0.2) is 12.7 Å². The van der Waals surface area contributed by atoms with E-state index < -0.39 is 15.9 Å². The Hall–Kier alpha value is -2.91. The minimum absolute atomic E-state index is 0.0587. The second-order valence-electron chi connectivity index (χ2n) is 8.00. The van der Waals surface area contributed by atoms with Crippen molar-refractivity contribution in [3.05, 3.63) is 53.1 Å². The molecule has 32 heavy (non-hydrogen) atoms. The molecule has 0 unspecified atom stereocenters. The predicted octanol–water partition coefficient (Wildman–Crippen LogP) is 2.85. The molecule has 1 fully saturated rings. The molecule has 9 heteroatoms. The van der Waals surface area contributed by atoms with E-state index in [1.165, 1.54) is 20.2 Å². The summed E-state index contributed by atoms with van der Waals surface area (Å²) in [7, 11) is -0.781. The second-order valence-corrected chi connectivity index (χ2v) is 10.2. The van der Waals surface area contributed by atoms with Crippen molar-refractivity contribution in [2.45, 2.75) is 31.6 Å². The highest BCUT2D eigenvalue weighted by atomic mass is 32.2. The van der Waals surface area contributed by atoms with Gasteiger partial charge in [-0.2, -0.15) is 0 Å². The Kier molecular flexibility index (Phi) is 7.20. The van der Waals surface area contributed by atoms with Crippen molar-refractivity contribution in [1.82, 2.24) is 9.62 Å². The lowest BCUT2D eigenvalue weighted by atomic mass is 10.1. The molecule has 1 aliphatic rings. The molecule has 2 amide bonds. The standard InChI is InChI=1S/C23H30N4O4S/c1-5-24-22(28)17-9-8-16(2)20(14-17)25-23(29)19-15-18(32(30,31)26(3)4)10-11-21(19)27-12-6-7-13-27/h8-11,14-15H,5-7,12-13H2,1-4H3,(H,24,28)(H,25,29). The van der Waals surface area contributed by atoms with Crippen molar-refractivity contribution in [3.63, 3.8) is 0 Å². The Balaban J connectivity index is 2.01. The number of sulfonamides is 1. The van der Waals surface area contributed by atoms with Crippen LogP contribution in [-0.2, 0) is 10.0 Å². The fraction of sp³-hybridized carbons (Fsp3) is 0.391. The minimum atomic E-state index is -3.70. The van der Waals surface area contributed by atoms with Crippen LogP contribution in [0.15, 0.2) is 41.3 Å². The van der Waals surface area contributed by atoms with Gasteiger partial charge >= 0.3 is 0 Å². The molecule has 1 aliphatic heterocycles. The van der Waals surface area contributed by atoms with Crippen molar-refractivity contribution >= 4 is 33.2 Å². The molecule has 1 heterocycles. The number of benzene rings is 2. The number of aryl methyl sites for hydroxylation is 1. The van der Waals surface area contributed by atoms with E-state index in [-0.39, 0.29) is 16.4 Å². The molecule has 0 aromatic heterocycles. The van der Waals surface area contributed by atoms with Gasteiger partial charge in [0.1, 0.15) is 0 Å². The monoisotopic (exact) mass is 458 g/mol. The van der Waals surface area contributed by atoms with E-state index in [1.54, 1.807) is 30.3 Å². The quantitative estimate of drug-likeness (QED) is 0.665. The zero-order chi connectivity index (χ0) is 23.5. The largest absolute Gasteiger partial charge is 0.371 e. The van der Waals surface area contributed by atoms with Crippen molar-refractivity contribution in [1.29, 1.82) is 0 Å². The molecule has 3 rings (SSSR count). The lowest BCUT2D eigenvalue weighted by molar-refractivity contribution is 0.0954. The third kappa shape index (κ3) is 4.94. The van der Waals surface area contributed by atoms with E-state index in [0.717, 1.165) is 35.8 Å². The summed E-state index contributed by atoms with van der Waals surface area (Å²) in [6, 6.07) is 9.79. The first kappa shape index (κ1) is 23.7. The average molecular weight is 459 g/mol. The molecule has 0 saturated carbocycles. The average Bonchev–Trinajstić information content (AvgIpc) is 3.29. The Morgan fingerprint density at radius 1 is 1.03 bits per heavy atom. The number of anilines is 2. The van der Waals surface area contributed by atoms with Crippen LogP contribution in [0.2, 0.25) is 0 Å². The van der Waals surface area contributed by atoms with Gasteiger partial charge in [-0.05, 0) is 62.6 Å².